The Bertz CT molecular complexity index is 551. The van der Waals surface area contributed by atoms with Crippen molar-refractivity contribution >= 4 is 0 Å². The molecular formula is C18H23NO2. The molecule has 0 amide bonds. The number of methoxy groups -OCH3 is 1. The number of hydrogen-bond acceptors (Lipinski definition) is 3. The minimum Gasteiger partial charge on any atom is -0.497 e. The lowest BCUT2D eigenvalue weighted by Gasteiger charge is -2.17. The molecule has 1 unspecified atom stereocenters. The maximum absolute atomic E-state index is 5.94. The third-order valence-electron chi connectivity index (χ3n) is 3.34. The standard InChI is InChI=1S/C18H23NO2/c1-14-6-4-5-7-18(14)21-15(2)12-19-13-16-8-10-17(20-3)11-9-16/h4-11,15,19H,12-13H2,1-3H3. The van der Waals surface area contributed by atoms with Gasteiger partial charge in [0.25, 0.3) is 0 Å². The number of hydrogen-bond donors (Lipinski definition) is 1. The molecule has 1 atom stereocenters. The minimum atomic E-state index is 0.129. The summed E-state index contributed by atoms with van der Waals surface area (Å²) in [5, 5.41) is 3.41. The van der Waals surface area contributed by atoms with E-state index in [1.165, 1.54) is 11.1 Å². The van der Waals surface area contributed by atoms with Crippen molar-refractivity contribution in [2.75, 3.05) is 13.7 Å². The highest BCUT2D eigenvalue weighted by molar-refractivity contribution is 5.32. The molecule has 1 N–H and O–H groups in total. The Hall–Kier alpha value is -2.00. The van der Waals surface area contributed by atoms with E-state index in [9.17, 15) is 0 Å². The molecule has 0 spiro atoms. The van der Waals surface area contributed by atoms with Crippen LogP contribution in [0.3, 0.4) is 0 Å². The van der Waals surface area contributed by atoms with Crippen LogP contribution < -0.4 is 14.8 Å². The van der Waals surface area contributed by atoms with Crippen LogP contribution in [0.15, 0.2) is 48.5 Å². The molecule has 3 heteroatoms. The zero-order valence-electron chi connectivity index (χ0n) is 12.9. The number of ether oxygens (including phenoxy) is 2. The van der Waals surface area contributed by atoms with E-state index in [1.54, 1.807) is 7.11 Å². The summed E-state index contributed by atoms with van der Waals surface area (Å²) in [6.07, 6.45) is 0.129. The van der Waals surface area contributed by atoms with Gasteiger partial charge in [0.05, 0.1) is 7.11 Å². The van der Waals surface area contributed by atoms with Crippen molar-refractivity contribution in [3.8, 4) is 11.5 Å². The Labute approximate surface area is 126 Å². The SMILES string of the molecule is COc1ccc(CNCC(C)Oc2ccccc2C)cc1. The lowest BCUT2D eigenvalue weighted by Crippen LogP contribution is -2.28. The minimum absolute atomic E-state index is 0.129. The first-order valence-corrected chi connectivity index (χ1v) is 7.25. The number of rotatable bonds is 7. The first-order chi connectivity index (χ1) is 10.2. The predicted octanol–water partition coefficient (Wildman–Crippen LogP) is 3.56. The second-order valence-corrected chi connectivity index (χ2v) is 5.17. The Balaban J connectivity index is 1.76. The second kappa shape index (κ2) is 7.70. The van der Waals surface area contributed by atoms with Gasteiger partial charge in [-0.15, -0.1) is 0 Å². The van der Waals surface area contributed by atoms with Gasteiger partial charge in [-0.3, -0.25) is 0 Å². The Morgan fingerprint density at radius 3 is 2.43 bits per heavy atom. The largest absolute Gasteiger partial charge is 0.497 e. The second-order valence-electron chi connectivity index (χ2n) is 5.17. The van der Waals surface area contributed by atoms with Crippen LogP contribution in [0, 0.1) is 6.92 Å². The first-order valence-electron chi connectivity index (χ1n) is 7.25. The fourth-order valence-corrected chi connectivity index (χ4v) is 2.11. The van der Waals surface area contributed by atoms with Gasteiger partial charge in [0, 0.05) is 13.1 Å². The van der Waals surface area contributed by atoms with Crippen LogP contribution in [0.4, 0.5) is 0 Å². The summed E-state index contributed by atoms with van der Waals surface area (Å²) in [5.74, 6) is 1.84. The molecule has 0 radical (unpaired) electrons. The normalized spacial score (nSPS) is 12.0. The van der Waals surface area contributed by atoms with E-state index < -0.39 is 0 Å². The third kappa shape index (κ3) is 4.80. The lowest BCUT2D eigenvalue weighted by atomic mass is 10.2. The summed E-state index contributed by atoms with van der Waals surface area (Å²) in [5.41, 5.74) is 2.40. The smallest absolute Gasteiger partial charge is 0.122 e. The highest BCUT2D eigenvalue weighted by Crippen LogP contribution is 2.17. The quantitative estimate of drug-likeness (QED) is 0.843. The molecule has 0 fully saturated rings. The van der Waals surface area contributed by atoms with Crippen LogP contribution in [0.25, 0.3) is 0 Å². The van der Waals surface area contributed by atoms with Crippen LogP contribution in [-0.4, -0.2) is 19.8 Å². The zero-order chi connectivity index (χ0) is 15.1. The maximum Gasteiger partial charge on any atom is 0.122 e. The molecule has 0 aliphatic heterocycles. The summed E-state index contributed by atoms with van der Waals surface area (Å²) >= 11 is 0. The van der Waals surface area contributed by atoms with Crippen molar-refractivity contribution < 1.29 is 9.47 Å². The fourth-order valence-electron chi connectivity index (χ4n) is 2.11. The van der Waals surface area contributed by atoms with Gasteiger partial charge in [-0.2, -0.15) is 0 Å². The highest BCUT2D eigenvalue weighted by atomic mass is 16.5. The summed E-state index contributed by atoms with van der Waals surface area (Å²) in [7, 11) is 1.68. The molecule has 2 aromatic carbocycles. The number of nitrogens with one attached hydrogen (secondary N) is 1. The molecule has 0 saturated heterocycles. The van der Waals surface area contributed by atoms with Gasteiger partial charge in [-0.1, -0.05) is 30.3 Å². The van der Waals surface area contributed by atoms with Crippen LogP contribution in [0.5, 0.6) is 11.5 Å². The van der Waals surface area contributed by atoms with Gasteiger partial charge < -0.3 is 14.8 Å². The van der Waals surface area contributed by atoms with Crippen molar-refractivity contribution in [1.82, 2.24) is 5.32 Å². The van der Waals surface area contributed by atoms with Gasteiger partial charge in [-0.25, -0.2) is 0 Å². The molecule has 0 aliphatic rings. The molecule has 112 valence electrons. The van der Waals surface area contributed by atoms with Crippen LogP contribution >= 0.6 is 0 Å². The summed E-state index contributed by atoms with van der Waals surface area (Å²) in [6, 6.07) is 16.2. The van der Waals surface area contributed by atoms with Crippen molar-refractivity contribution in [2.24, 2.45) is 0 Å². The Morgan fingerprint density at radius 1 is 1.05 bits per heavy atom. The number of benzene rings is 2. The van der Waals surface area contributed by atoms with Gasteiger partial charge in [0.1, 0.15) is 17.6 Å². The van der Waals surface area contributed by atoms with Crippen LogP contribution in [0.2, 0.25) is 0 Å². The van der Waals surface area contributed by atoms with E-state index in [4.69, 9.17) is 9.47 Å². The average Bonchev–Trinajstić information content (AvgIpc) is 2.50. The zero-order valence-corrected chi connectivity index (χ0v) is 12.9. The molecule has 0 bridgehead atoms. The third-order valence-corrected chi connectivity index (χ3v) is 3.34. The van der Waals surface area contributed by atoms with Gasteiger partial charge in [-0.05, 0) is 43.2 Å². The van der Waals surface area contributed by atoms with Crippen molar-refractivity contribution in [3.63, 3.8) is 0 Å². The van der Waals surface area contributed by atoms with E-state index in [2.05, 4.69) is 37.4 Å². The van der Waals surface area contributed by atoms with E-state index in [1.807, 2.05) is 30.3 Å². The van der Waals surface area contributed by atoms with E-state index in [0.717, 1.165) is 24.6 Å². The fraction of sp³-hybridized carbons (Fsp3) is 0.333. The molecule has 0 heterocycles. The predicted molar refractivity (Wildman–Crippen MR) is 86.0 cm³/mol. The topological polar surface area (TPSA) is 30.5 Å². The van der Waals surface area contributed by atoms with Crippen molar-refractivity contribution in [3.05, 3.63) is 59.7 Å². The molecule has 0 aliphatic carbocycles. The molecular weight excluding hydrogens is 262 g/mol. The Kier molecular flexibility index (Phi) is 5.64. The molecule has 0 aromatic heterocycles. The summed E-state index contributed by atoms with van der Waals surface area (Å²) < 4.78 is 11.1. The van der Waals surface area contributed by atoms with E-state index in [-0.39, 0.29) is 6.10 Å². The molecule has 21 heavy (non-hydrogen) atoms. The summed E-state index contributed by atoms with van der Waals surface area (Å²) in [4.78, 5) is 0. The average molecular weight is 285 g/mol. The van der Waals surface area contributed by atoms with E-state index in [0.29, 0.717) is 0 Å². The molecule has 2 aromatic rings. The van der Waals surface area contributed by atoms with Crippen LogP contribution in [0.1, 0.15) is 18.1 Å². The summed E-state index contributed by atoms with van der Waals surface area (Å²) in [6.45, 7) is 5.77. The Morgan fingerprint density at radius 2 is 1.76 bits per heavy atom. The van der Waals surface area contributed by atoms with Crippen molar-refractivity contribution in [2.45, 2.75) is 26.5 Å². The molecule has 2 rings (SSSR count). The molecule has 3 nitrogen and oxygen atoms in total. The van der Waals surface area contributed by atoms with E-state index >= 15 is 0 Å². The molecule has 0 saturated carbocycles. The monoisotopic (exact) mass is 285 g/mol. The lowest BCUT2D eigenvalue weighted by molar-refractivity contribution is 0.215. The van der Waals surface area contributed by atoms with Gasteiger partial charge in [0.15, 0.2) is 0 Å². The van der Waals surface area contributed by atoms with Crippen molar-refractivity contribution in [1.29, 1.82) is 0 Å². The van der Waals surface area contributed by atoms with Gasteiger partial charge >= 0.3 is 0 Å². The van der Waals surface area contributed by atoms with Crippen LogP contribution in [-0.2, 0) is 6.54 Å². The first kappa shape index (κ1) is 15.4. The highest BCUT2D eigenvalue weighted by Gasteiger charge is 2.05. The van der Waals surface area contributed by atoms with Gasteiger partial charge in [0.2, 0.25) is 0 Å². The number of aryl methyl sites for hydroxylation is 1. The maximum atomic E-state index is 5.94. The number of para-hydroxylation sites is 1.